The Hall–Kier alpha value is -3.49. The predicted octanol–water partition coefficient (Wildman–Crippen LogP) is 3.23. The minimum atomic E-state index is -3.79. The monoisotopic (exact) mass is 450 g/mol. The molecule has 1 N–H and O–H groups in total. The van der Waals surface area contributed by atoms with Gasteiger partial charge in [-0.15, -0.1) is 0 Å². The van der Waals surface area contributed by atoms with Crippen LogP contribution in [0.15, 0.2) is 83.8 Å². The van der Waals surface area contributed by atoms with E-state index < -0.39 is 28.5 Å². The first-order chi connectivity index (χ1) is 15.4. The van der Waals surface area contributed by atoms with Gasteiger partial charge in [-0.25, -0.2) is 13.2 Å². The highest BCUT2D eigenvalue weighted by molar-refractivity contribution is 7.89. The van der Waals surface area contributed by atoms with Crippen LogP contribution < -0.4 is 5.32 Å². The van der Waals surface area contributed by atoms with Crippen LogP contribution in [0.1, 0.15) is 21.5 Å². The molecule has 8 heteroatoms. The fourth-order valence-electron chi connectivity index (χ4n) is 3.54. The van der Waals surface area contributed by atoms with Crippen LogP contribution in [0.25, 0.3) is 0 Å². The second-order valence-electron chi connectivity index (χ2n) is 7.38. The molecule has 3 aromatic rings. The fraction of sp³-hybridized carbons (Fsp3) is 0.167. The molecule has 1 aliphatic rings. The van der Waals surface area contributed by atoms with Gasteiger partial charge in [0.1, 0.15) is 0 Å². The van der Waals surface area contributed by atoms with E-state index in [1.807, 2.05) is 30.3 Å². The minimum Gasteiger partial charge on any atom is -0.452 e. The average molecular weight is 451 g/mol. The Morgan fingerprint density at radius 2 is 1.62 bits per heavy atom. The summed E-state index contributed by atoms with van der Waals surface area (Å²) in [6, 6.07) is 22.2. The van der Waals surface area contributed by atoms with E-state index in [1.54, 1.807) is 24.3 Å². The van der Waals surface area contributed by atoms with Gasteiger partial charge in [0.15, 0.2) is 6.61 Å². The molecule has 4 rings (SSSR count). The van der Waals surface area contributed by atoms with Gasteiger partial charge in [-0.2, -0.15) is 4.31 Å². The van der Waals surface area contributed by atoms with Crippen molar-refractivity contribution < 1.29 is 22.7 Å². The Balaban J connectivity index is 1.42. The highest BCUT2D eigenvalue weighted by atomic mass is 32.2. The fourth-order valence-corrected chi connectivity index (χ4v) is 5.01. The number of anilines is 1. The molecule has 1 aliphatic heterocycles. The van der Waals surface area contributed by atoms with Crippen LogP contribution in [-0.4, -0.2) is 37.8 Å². The van der Waals surface area contributed by atoms with Crippen molar-refractivity contribution in [1.82, 2.24) is 4.31 Å². The predicted molar refractivity (Wildman–Crippen MR) is 120 cm³/mol. The standard InChI is InChI=1S/C24H22N2O5S/c27-23(25-21-10-2-1-3-11-21)17-31-24(28)19-9-6-12-22(15-19)32(29,30)26-14-13-18-7-4-5-8-20(18)16-26/h1-12,15H,13-14,16-17H2,(H,25,27). The number of carbonyl (C=O) groups is 2. The first-order valence-electron chi connectivity index (χ1n) is 10.1. The van der Waals surface area contributed by atoms with Crippen molar-refractivity contribution in [1.29, 1.82) is 0 Å². The molecular formula is C24H22N2O5S. The van der Waals surface area contributed by atoms with Crippen molar-refractivity contribution in [2.45, 2.75) is 17.9 Å². The number of nitrogens with one attached hydrogen (secondary N) is 1. The number of amides is 1. The molecule has 32 heavy (non-hydrogen) atoms. The Bertz CT molecular complexity index is 1240. The van der Waals surface area contributed by atoms with Crippen molar-refractivity contribution in [3.63, 3.8) is 0 Å². The zero-order valence-corrected chi connectivity index (χ0v) is 18.0. The van der Waals surface area contributed by atoms with E-state index >= 15 is 0 Å². The Morgan fingerprint density at radius 1 is 0.906 bits per heavy atom. The lowest BCUT2D eigenvalue weighted by atomic mass is 10.0. The maximum Gasteiger partial charge on any atom is 0.338 e. The van der Waals surface area contributed by atoms with Gasteiger partial charge >= 0.3 is 5.97 Å². The molecule has 0 saturated carbocycles. The number of esters is 1. The van der Waals surface area contributed by atoms with E-state index in [-0.39, 0.29) is 17.0 Å². The summed E-state index contributed by atoms with van der Waals surface area (Å²) in [5.74, 6) is -1.26. The lowest BCUT2D eigenvalue weighted by Crippen LogP contribution is -2.36. The first-order valence-corrected chi connectivity index (χ1v) is 11.6. The van der Waals surface area contributed by atoms with E-state index in [9.17, 15) is 18.0 Å². The molecule has 0 unspecified atom stereocenters. The molecular weight excluding hydrogens is 428 g/mol. The molecule has 0 aromatic heterocycles. The number of hydrogen-bond donors (Lipinski definition) is 1. The van der Waals surface area contributed by atoms with E-state index in [0.29, 0.717) is 18.7 Å². The molecule has 0 radical (unpaired) electrons. The van der Waals surface area contributed by atoms with Crippen molar-refractivity contribution in [2.75, 3.05) is 18.5 Å². The maximum absolute atomic E-state index is 13.2. The van der Waals surface area contributed by atoms with Gasteiger partial charge in [0.05, 0.1) is 10.5 Å². The summed E-state index contributed by atoms with van der Waals surface area (Å²) in [5.41, 5.74) is 2.77. The second-order valence-corrected chi connectivity index (χ2v) is 9.31. The molecule has 1 amide bonds. The Labute approximate surface area is 186 Å². The molecule has 0 bridgehead atoms. The minimum absolute atomic E-state index is 0.0140. The normalized spacial score (nSPS) is 13.8. The summed E-state index contributed by atoms with van der Waals surface area (Å²) in [7, 11) is -3.79. The molecule has 3 aromatic carbocycles. The van der Waals surface area contributed by atoms with Crippen molar-refractivity contribution in [3.05, 3.63) is 95.6 Å². The third kappa shape index (κ3) is 4.87. The summed E-state index contributed by atoms with van der Waals surface area (Å²) in [4.78, 5) is 24.4. The van der Waals surface area contributed by atoms with Crippen molar-refractivity contribution in [2.24, 2.45) is 0 Å². The summed E-state index contributed by atoms with van der Waals surface area (Å²) in [5, 5.41) is 2.62. The molecule has 7 nitrogen and oxygen atoms in total. The van der Waals surface area contributed by atoms with Gasteiger partial charge in [0, 0.05) is 18.8 Å². The summed E-state index contributed by atoms with van der Waals surface area (Å²) >= 11 is 0. The van der Waals surface area contributed by atoms with Gasteiger partial charge < -0.3 is 10.1 Å². The summed E-state index contributed by atoms with van der Waals surface area (Å²) in [6.07, 6.45) is 0.633. The lowest BCUT2D eigenvalue weighted by Gasteiger charge is -2.28. The van der Waals surface area contributed by atoms with Crippen LogP contribution in [0.3, 0.4) is 0 Å². The Kier molecular flexibility index (Phi) is 6.34. The maximum atomic E-state index is 13.2. The zero-order valence-electron chi connectivity index (χ0n) is 17.2. The highest BCUT2D eigenvalue weighted by Gasteiger charge is 2.28. The van der Waals surface area contributed by atoms with Crippen molar-refractivity contribution in [3.8, 4) is 0 Å². The Morgan fingerprint density at radius 3 is 2.41 bits per heavy atom. The van der Waals surface area contributed by atoms with Crippen LogP contribution in [0.5, 0.6) is 0 Å². The zero-order chi connectivity index (χ0) is 22.6. The molecule has 0 saturated heterocycles. The SMILES string of the molecule is O=C(COC(=O)c1cccc(S(=O)(=O)N2CCc3ccccc3C2)c1)Nc1ccccc1. The highest BCUT2D eigenvalue weighted by Crippen LogP contribution is 2.25. The largest absolute Gasteiger partial charge is 0.452 e. The topological polar surface area (TPSA) is 92.8 Å². The van der Waals surface area contributed by atoms with Crippen molar-refractivity contribution >= 4 is 27.6 Å². The smallest absolute Gasteiger partial charge is 0.338 e. The number of sulfonamides is 1. The van der Waals surface area contributed by atoms with E-state index in [4.69, 9.17) is 4.74 Å². The number of rotatable bonds is 6. The number of hydrogen-bond acceptors (Lipinski definition) is 5. The van der Waals surface area contributed by atoms with E-state index in [1.165, 1.54) is 28.6 Å². The van der Waals surface area contributed by atoms with Gasteiger partial charge in [0.2, 0.25) is 10.0 Å². The summed E-state index contributed by atoms with van der Waals surface area (Å²) in [6.45, 7) is 0.175. The summed E-state index contributed by atoms with van der Waals surface area (Å²) < 4.78 is 32.8. The third-order valence-electron chi connectivity index (χ3n) is 5.20. The molecule has 164 valence electrons. The first kappa shape index (κ1) is 21.7. The molecule has 0 spiro atoms. The van der Waals surface area contributed by atoms with Gasteiger partial charge in [-0.3, -0.25) is 4.79 Å². The molecule has 0 atom stereocenters. The number of ether oxygens (including phenoxy) is 1. The van der Waals surface area contributed by atoms with E-state index in [2.05, 4.69) is 5.32 Å². The van der Waals surface area contributed by atoms with Crippen LogP contribution >= 0.6 is 0 Å². The second kappa shape index (κ2) is 9.33. The quantitative estimate of drug-likeness (QED) is 0.582. The molecule has 0 fully saturated rings. The lowest BCUT2D eigenvalue weighted by molar-refractivity contribution is -0.119. The molecule has 0 aliphatic carbocycles. The van der Waals surface area contributed by atoms with Crippen LogP contribution in [0.2, 0.25) is 0 Å². The van der Waals surface area contributed by atoms with Crippen LogP contribution in [0.4, 0.5) is 5.69 Å². The number of nitrogens with zero attached hydrogens (tertiary/aromatic N) is 1. The molecule has 1 heterocycles. The number of para-hydroxylation sites is 1. The van der Waals surface area contributed by atoms with Crippen LogP contribution in [0, 0.1) is 0 Å². The number of carbonyl (C=O) groups excluding carboxylic acids is 2. The average Bonchev–Trinajstić information content (AvgIpc) is 2.83. The van der Waals surface area contributed by atoms with Gasteiger partial charge in [0.25, 0.3) is 5.91 Å². The van der Waals surface area contributed by atoms with Crippen LogP contribution in [-0.2, 0) is 32.5 Å². The number of benzene rings is 3. The van der Waals surface area contributed by atoms with Gasteiger partial charge in [-0.1, -0.05) is 48.5 Å². The third-order valence-corrected chi connectivity index (χ3v) is 7.04. The number of fused-ring (bicyclic) bond motifs is 1. The van der Waals surface area contributed by atoms with Gasteiger partial charge in [-0.05, 0) is 47.9 Å². The van der Waals surface area contributed by atoms with E-state index in [0.717, 1.165) is 11.1 Å².